The summed E-state index contributed by atoms with van der Waals surface area (Å²) in [6, 6.07) is 3.37. The van der Waals surface area contributed by atoms with Crippen LogP contribution in [-0.2, 0) is 9.47 Å². The molecule has 1 N–H and O–H groups in total. The molecule has 0 radical (unpaired) electrons. The van der Waals surface area contributed by atoms with E-state index >= 15 is 0 Å². The van der Waals surface area contributed by atoms with Crippen LogP contribution in [0.4, 0.5) is 0 Å². The van der Waals surface area contributed by atoms with Crippen molar-refractivity contribution < 1.29 is 19.0 Å². The second-order valence-electron chi connectivity index (χ2n) is 5.80. The van der Waals surface area contributed by atoms with Gasteiger partial charge in [0.1, 0.15) is 6.61 Å². The number of methoxy groups -OCH3 is 1. The van der Waals surface area contributed by atoms with Gasteiger partial charge in [0.2, 0.25) is 5.88 Å². The molecule has 0 aliphatic rings. The van der Waals surface area contributed by atoms with Crippen molar-refractivity contribution in [1.82, 2.24) is 10.3 Å². The number of pyridine rings is 1. The molecule has 0 aliphatic carbocycles. The Morgan fingerprint density at radius 2 is 2.00 bits per heavy atom. The van der Waals surface area contributed by atoms with Gasteiger partial charge in [-0.15, -0.1) is 0 Å². The summed E-state index contributed by atoms with van der Waals surface area (Å²) >= 11 is 0. The van der Waals surface area contributed by atoms with Crippen molar-refractivity contribution in [2.45, 2.75) is 32.8 Å². The third-order valence-electron chi connectivity index (χ3n) is 2.68. The second kappa shape index (κ2) is 9.38. The van der Waals surface area contributed by atoms with Crippen LogP contribution >= 0.6 is 0 Å². The SMILES string of the molecule is COCCCNC(=O)c1ccc(OCCOC(C)(C)C)nc1. The van der Waals surface area contributed by atoms with Crippen LogP contribution in [0, 0.1) is 0 Å². The predicted molar refractivity (Wildman–Crippen MR) is 84.3 cm³/mol. The maximum absolute atomic E-state index is 11.8. The number of nitrogens with one attached hydrogen (secondary N) is 1. The van der Waals surface area contributed by atoms with Crippen LogP contribution in [0.3, 0.4) is 0 Å². The van der Waals surface area contributed by atoms with E-state index in [0.29, 0.717) is 37.8 Å². The highest BCUT2D eigenvalue weighted by Gasteiger charge is 2.10. The molecule has 0 bridgehead atoms. The number of aromatic nitrogens is 1. The van der Waals surface area contributed by atoms with E-state index in [1.165, 1.54) is 6.20 Å². The molecule has 0 aliphatic heterocycles. The summed E-state index contributed by atoms with van der Waals surface area (Å²) in [6.07, 6.45) is 2.29. The van der Waals surface area contributed by atoms with Crippen molar-refractivity contribution in [3.05, 3.63) is 23.9 Å². The number of rotatable bonds is 9. The average molecular weight is 310 g/mol. The van der Waals surface area contributed by atoms with Gasteiger partial charge in [0, 0.05) is 32.5 Å². The highest BCUT2D eigenvalue weighted by atomic mass is 16.5. The highest BCUT2D eigenvalue weighted by molar-refractivity contribution is 5.93. The zero-order valence-corrected chi connectivity index (χ0v) is 13.8. The molecule has 124 valence electrons. The Balaban J connectivity index is 2.31. The van der Waals surface area contributed by atoms with Crippen molar-refractivity contribution in [3.63, 3.8) is 0 Å². The van der Waals surface area contributed by atoms with Gasteiger partial charge < -0.3 is 19.5 Å². The maximum Gasteiger partial charge on any atom is 0.252 e. The highest BCUT2D eigenvalue weighted by Crippen LogP contribution is 2.09. The Kier molecular flexibility index (Phi) is 7.84. The molecule has 6 nitrogen and oxygen atoms in total. The molecule has 0 spiro atoms. The van der Waals surface area contributed by atoms with Crippen LogP contribution in [0.2, 0.25) is 0 Å². The molecular weight excluding hydrogens is 284 g/mol. The van der Waals surface area contributed by atoms with Gasteiger partial charge in [-0.25, -0.2) is 4.98 Å². The molecule has 0 unspecified atom stereocenters. The molecule has 1 rings (SSSR count). The Hall–Kier alpha value is -1.66. The lowest BCUT2D eigenvalue weighted by atomic mass is 10.2. The fourth-order valence-corrected chi connectivity index (χ4v) is 1.61. The summed E-state index contributed by atoms with van der Waals surface area (Å²) in [7, 11) is 1.64. The minimum absolute atomic E-state index is 0.147. The van der Waals surface area contributed by atoms with E-state index < -0.39 is 0 Å². The zero-order chi connectivity index (χ0) is 16.4. The third-order valence-corrected chi connectivity index (χ3v) is 2.68. The third kappa shape index (κ3) is 7.95. The molecule has 6 heteroatoms. The van der Waals surface area contributed by atoms with Crippen LogP contribution in [0.15, 0.2) is 18.3 Å². The molecule has 1 heterocycles. The number of nitrogens with zero attached hydrogens (tertiary/aromatic N) is 1. The smallest absolute Gasteiger partial charge is 0.252 e. The zero-order valence-electron chi connectivity index (χ0n) is 13.8. The topological polar surface area (TPSA) is 69.7 Å². The van der Waals surface area contributed by atoms with Crippen molar-refractivity contribution >= 4 is 5.91 Å². The fourth-order valence-electron chi connectivity index (χ4n) is 1.61. The first-order valence-electron chi connectivity index (χ1n) is 7.42. The number of hydrogen-bond donors (Lipinski definition) is 1. The molecule has 0 atom stereocenters. The lowest BCUT2D eigenvalue weighted by Crippen LogP contribution is -2.25. The first-order chi connectivity index (χ1) is 10.4. The lowest BCUT2D eigenvalue weighted by Gasteiger charge is -2.19. The van der Waals surface area contributed by atoms with Gasteiger partial charge >= 0.3 is 0 Å². The molecular formula is C16H26N2O4. The quantitative estimate of drug-likeness (QED) is 0.707. The van der Waals surface area contributed by atoms with E-state index in [9.17, 15) is 4.79 Å². The van der Waals surface area contributed by atoms with E-state index in [1.54, 1.807) is 19.2 Å². The summed E-state index contributed by atoms with van der Waals surface area (Å²) in [5, 5.41) is 2.80. The van der Waals surface area contributed by atoms with Crippen LogP contribution < -0.4 is 10.1 Å². The van der Waals surface area contributed by atoms with Crippen LogP contribution in [0.25, 0.3) is 0 Å². The first kappa shape index (κ1) is 18.4. The Bertz CT molecular complexity index is 440. The monoisotopic (exact) mass is 310 g/mol. The van der Waals surface area contributed by atoms with E-state index in [4.69, 9.17) is 14.2 Å². The van der Waals surface area contributed by atoms with Gasteiger partial charge in [0.25, 0.3) is 5.91 Å². The predicted octanol–water partition coefficient (Wildman–Crippen LogP) is 2.04. The number of amides is 1. The van der Waals surface area contributed by atoms with Gasteiger partial charge in [0.05, 0.1) is 17.8 Å². The maximum atomic E-state index is 11.8. The molecule has 1 aromatic heterocycles. The van der Waals surface area contributed by atoms with Crippen LogP contribution in [0.1, 0.15) is 37.6 Å². The summed E-state index contributed by atoms with van der Waals surface area (Å²) in [4.78, 5) is 16.0. The Labute approximate surface area is 132 Å². The van der Waals surface area contributed by atoms with E-state index in [-0.39, 0.29) is 11.5 Å². The Morgan fingerprint density at radius 3 is 2.59 bits per heavy atom. The molecule has 0 saturated heterocycles. The summed E-state index contributed by atoms with van der Waals surface area (Å²) in [6.45, 7) is 8.10. The normalized spacial score (nSPS) is 11.3. The molecule has 1 aromatic rings. The van der Waals surface area contributed by atoms with Crippen LogP contribution in [-0.4, -0.2) is 50.0 Å². The van der Waals surface area contributed by atoms with Crippen molar-refractivity contribution in [1.29, 1.82) is 0 Å². The van der Waals surface area contributed by atoms with Gasteiger partial charge in [-0.3, -0.25) is 4.79 Å². The lowest BCUT2D eigenvalue weighted by molar-refractivity contribution is -0.0168. The summed E-state index contributed by atoms with van der Waals surface area (Å²) in [5.41, 5.74) is 0.331. The van der Waals surface area contributed by atoms with Crippen molar-refractivity contribution in [2.75, 3.05) is 33.5 Å². The molecule has 0 fully saturated rings. The fraction of sp³-hybridized carbons (Fsp3) is 0.625. The van der Waals surface area contributed by atoms with E-state index in [2.05, 4.69) is 10.3 Å². The number of hydrogen-bond acceptors (Lipinski definition) is 5. The average Bonchev–Trinajstić information content (AvgIpc) is 2.47. The van der Waals surface area contributed by atoms with Gasteiger partial charge in [-0.1, -0.05) is 0 Å². The number of carbonyl (C=O) groups excluding carboxylic acids is 1. The molecule has 0 aromatic carbocycles. The molecule has 22 heavy (non-hydrogen) atoms. The number of ether oxygens (including phenoxy) is 3. The van der Waals surface area contributed by atoms with Gasteiger partial charge in [-0.2, -0.15) is 0 Å². The van der Waals surface area contributed by atoms with Crippen molar-refractivity contribution in [2.24, 2.45) is 0 Å². The van der Waals surface area contributed by atoms with Crippen LogP contribution in [0.5, 0.6) is 5.88 Å². The number of carbonyl (C=O) groups is 1. The van der Waals surface area contributed by atoms with E-state index in [0.717, 1.165) is 6.42 Å². The summed E-state index contributed by atoms with van der Waals surface area (Å²) < 4.78 is 15.9. The Morgan fingerprint density at radius 1 is 1.23 bits per heavy atom. The minimum Gasteiger partial charge on any atom is -0.475 e. The first-order valence-corrected chi connectivity index (χ1v) is 7.42. The standard InChI is InChI=1S/C16H26N2O4/c1-16(2,3)22-11-10-21-14-7-6-13(12-18-14)15(19)17-8-5-9-20-4/h6-7,12H,5,8-11H2,1-4H3,(H,17,19). The van der Waals surface area contributed by atoms with Crippen molar-refractivity contribution in [3.8, 4) is 5.88 Å². The minimum atomic E-state index is -0.179. The van der Waals surface area contributed by atoms with Gasteiger partial charge in [-0.05, 0) is 33.3 Å². The molecule has 0 saturated carbocycles. The largest absolute Gasteiger partial charge is 0.475 e. The summed E-state index contributed by atoms with van der Waals surface area (Å²) in [5.74, 6) is 0.333. The molecule has 1 amide bonds. The van der Waals surface area contributed by atoms with E-state index in [1.807, 2.05) is 20.8 Å². The second-order valence-corrected chi connectivity index (χ2v) is 5.80. The van der Waals surface area contributed by atoms with Gasteiger partial charge in [0.15, 0.2) is 0 Å².